The van der Waals surface area contributed by atoms with Crippen molar-refractivity contribution in [2.24, 2.45) is 5.41 Å². The number of ether oxygens (including phenoxy) is 2. The van der Waals surface area contributed by atoms with Crippen LogP contribution in [0.1, 0.15) is 59.8 Å². The Hall–Kier alpha value is -1.32. The topological polar surface area (TPSA) is 52.6 Å². The highest BCUT2D eigenvalue weighted by atomic mass is 16.6. The summed E-state index contributed by atoms with van der Waals surface area (Å²) in [5.74, 6) is -0.977. The van der Waals surface area contributed by atoms with Crippen LogP contribution in [0.3, 0.4) is 0 Å². The highest BCUT2D eigenvalue weighted by Crippen LogP contribution is 2.35. The predicted molar refractivity (Wildman–Crippen MR) is 79.3 cm³/mol. The lowest BCUT2D eigenvalue weighted by atomic mass is 9.77. The largest absolute Gasteiger partial charge is 0.465 e. The van der Waals surface area contributed by atoms with Gasteiger partial charge in [0, 0.05) is 0 Å². The van der Waals surface area contributed by atoms with Crippen LogP contribution in [-0.2, 0) is 19.1 Å². The van der Waals surface area contributed by atoms with Crippen molar-refractivity contribution in [3.63, 3.8) is 0 Å². The number of carbonyl (C=O) groups excluding carboxylic acids is 2. The molecule has 0 fully saturated rings. The molecule has 0 rings (SSSR count). The molecule has 0 unspecified atom stereocenters. The molecule has 0 aromatic carbocycles. The minimum atomic E-state index is -1.23. The third-order valence-corrected chi connectivity index (χ3v) is 3.14. The van der Waals surface area contributed by atoms with Crippen molar-refractivity contribution in [3.05, 3.63) is 12.2 Å². The van der Waals surface area contributed by atoms with E-state index in [1.54, 1.807) is 13.8 Å². The molecule has 4 heteroatoms. The summed E-state index contributed by atoms with van der Waals surface area (Å²) in [5, 5.41) is 0. The number of carbonyl (C=O) groups is 2. The molecule has 0 aromatic rings. The molecule has 0 atom stereocenters. The Morgan fingerprint density at radius 3 is 1.85 bits per heavy atom. The second-order valence-corrected chi connectivity index (χ2v) is 5.11. The number of unbranched alkanes of at least 4 members (excludes halogenated alkanes) is 2. The summed E-state index contributed by atoms with van der Waals surface area (Å²) in [4.78, 5) is 24.7. The van der Waals surface area contributed by atoms with Gasteiger partial charge in [0.05, 0.1) is 13.2 Å². The van der Waals surface area contributed by atoms with Gasteiger partial charge in [-0.25, -0.2) is 0 Å². The molecule has 0 spiro atoms. The van der Waals surface area contributed by atoms with Crippen LogP contribution >= 0.6 is 0 Å². The van der Waals surface area contributed by atoms with Gasteiger partial charge in [0.25, 0.3) is 0 Å². The van der Waals surface area contributed by atoms with E-state index in [1.165, 1.54) is 0 Å². The number of allylic oxidation sites excluding steroid dienone is 1. The minimum absolute atomic E-state index is 0.254. The fourth-order valence-corrected chi connectivity index (χ4v) is 2.25. The maximum absolute atomic E-state index is 12.3. The van der Waals surface area contributed by atoms with Gasteiger partial charge < -0.3 is 9.47 Å². The second kappa shape index (κ2) is 9.56. The van der Waals surface area contributed by atoms with Crippen LogP contribution in [0.25, 0.3) is 0 Å². The first-order chi connectivity index (χ1) is 9.44. The summed E-state index contributed by atoms with van der Waals surface area (Å²) in [5.41, 5.74) is -0.449. The van der Waals surface area contributed by atoms with Crippen molar-refractivity contribution < 1.29 is 19.1 Å². The Bertz CT molecular complexity index is 315. The van der Waals surface area contributed by atoms with Gasteiger partial charge in [0.15, 0.2) is 5.41 Å². The standard InChI is InChI=1S/C16H28O4/c1-6-9-10-11-16(12-13(4)5,14(17)19-7-2)15(18)20-8-3/h4,6-12H2,1-3,5H3. The summed E-state index contributed by atoms with van der Waals surface area (Å²) in [6, 6.07) is 0. The van der Waals surface area contributed by atoms with E-state index in [0.29, 0.717) is 6.42 Å². The van der Waals surface area contributed by atoms with Gasteiger partial charge in [-0.2, -0.15) is 0 Å². The molecule has 4 nitrogen and oxygen atoms in total. The van der Waals surface area contributed by atoms with E-state index >= 15 is 0 Å². The van der Waals surface area contributed by atoms with Crippen LogP contribution in [0.15, 0.2) is 12.2 Å². The lowest BCUT2D eigenvalue weighted by Gasteiger charge is -2.29. The van der Waals surface area contributed by atoms with Gasteiger partial charge in [-0.05, 0) is 33.6 Å². The highest BCUT2D eigenvalue weighted by Gasteiger charge is 2.48. The fourth-order valence-electron chi connectivity index (χ4n) is 2.25. The molecule has 0 aliphatic carbocycles. The van der Waals surface area contributed by atoms with Crippen molar-refractivity contribution in [3.8, 4) is 0 Å². The maximum Gasteiger partial charge on any atom is 0.323 e. The molecule has 0 heterocycles. The second-order valence-electron chi connectivity index (χ2n) is 5.11. The first kappa shape index (κ1) is 18.7. The number of hydrogen-bond acceptors (Lipinski definition) is 4. The zero-order chi connectivity index (χ0) is 15.6. The molecular formula is C16H28O4. The minimum Gasteiger partial charge on any atom is -0.465 e. The first-order valence-corrected chi connectivity index (χ1v) is 7.43. The Morgan fingerprint density at radius 1 is 1.00 bits per heavy atom. The first-order valence-electron chi connectivity index (χ1n) is 7.43. The van der Waals surface area contributed by atoms with Crippen molar-refractivity contribution in [1.82, 2.24) is 0 Å². The Kier molecular flexibility index (Phi) is 8.93. The number of hydrogen-bond donors (Lipinski definition) is 0. The van der Waals surface area contributed by atoms with E-state index in [9.17, 15) is 9.59 Å². The van der Waals surface area contributed by atoms with Crippen LogP contribution in [0.5, 0.6) is 0 Å². The molecular weight excluding hydrogens is 256 g/mol. The monoisotopic (exact) mass is 284 g/mol. The quantitative estimate of drug-likeness (QED) is 0.266. The fraction of sp³-hybridized carbons (Fsp3) is 0.750. The zero-order valence-corrected chi connectivity index (χ0v) is 13.3. The Morgan fingerprint density at radius 2 is 1.50 bits per heavy atom. The molecule has 0 saturated heterocycles. The van der Waals surface area contributed by atoms with Crippen LogP contribution in [0, 0.1) is 5.41 Å². The highest BCUT2D eigenvalue weighted by molar-refractivity contribution is 6.00. The third kappa shape index (κ3) is 5.35. The van der Waals surface area contributed by atoms with E-state index in [0.717, 1.165) is 24.8 Å². The van der Waals surface area contributed by atoms with Crippen molar-refractivity contribution in [1.29, 1.82) is 0 Å². The summed E-state index contributed by atoms with van der Waals surface area (Å²) < 4.78 is 10.3. The normalized spacial score (nSPS) is 11.0. The molecule has 0 radical (unpaired) electrons. The SMILES string of the molecule is C=C(C)CC(CCCCC)(C(=O)OCC)C(=O)OCC. The predicted octanol–water partition coefficient (Wildman–Crippen LogP) is 3.65. The number of rotatable bonds is 10. The molecule has 0 aliphatic heterocycles. The molecule has 0 N–H and O–H groups in total. The smallest absolute Gasteiger partial charge is 0.323 e. The lowest BCUT2D eigenvalue weighted by molar-refractivity contribution is -0.172. The Labute approximate surface area is 122 Å². The van der Waals surface area contributed by atoms with Crippen LogP contribution in [0.4, 0.5) is 0 Å². The van der Waals surface area contributed by atoms with Crippen LogP contribution in [-0.4, -0.2) is 25.2 Å². The maximum atomic E-state index is 12.3. The number of esters is 2. The van der Waals surface area contributed by atoms with E-state index in [-0.39, 0.29) is 19.6 Å². The molecule has 0 bridgehead atoms. The van der Waals surface area contributed by atoms with Gasteiger partial charge in [-0.1, -0.05) is 31.8 Å². The van der Waals surface area contributed by atoms with E-state index in [4.69, 9.17) is 9.47 Å². The summed E-state index contributed by atoms with van der Waals surface area (Å²) in [7, 11) is 0. The van der Waals surface area contributed by atoms with Gasteiger partial charge in [0.1, 0.15) is 0 Å². The molecule has 0 aliphatic rings. The molecule has 0 saturated carbocycles. The average Bonchev–Trinajstić information content (AvgIpc) is 2.37. The third-order valence-electron chi connectivity index (χ3n) is 3.14. The molecule has 20 heavy (non-hydrogen) atoms. The van der Waals surface area contributed by atoms with Gasteiger partial charge >= 0.3 is 11.9 Å². The zero-order valence-electron chi connectivity index (χ0n) is 13.3. The van der Waals surface area contributed by atoms with Crippen molar-refractivity contribution in [2.45, 2.75) is 59.8 Å². The van der Waals surface area contributed by atoms with Gasteiger partial charge in [0.2, 0.25) is 0 Å². The summed E-state index contributed by atoms with van der Waals surface area (Å²) in [6.45, 7) is 11.7. The van der Waals surface area contributed by atoms with Crippen molar-refractivity contribution >= 4 is 11.9 Å². The Balaban J connectivity index is 5.31. The van der Waals surface area contributed by atoms with E-state index < -0.39 is 17.4 Å². The molecule has 0 amide bonds. The van der Waals surface area contributed by atoms with Crippen LogP contribution < -0.4 is 0 Å². The van der Waals surface area contributed by atoms with Crippen molar-refractivity contribution in [2.75, 3.05) is 13.2 Å². The molecule has 116 valence electrons. The van der Waals surface area contributed by atoms with E-state index in [1.807, 2.05) is 6.92 Å². The summed E-state index contributed by atoms with van der Waals surface area (Å²) in [6.07, 6.45) is 3.52. The van der Waals surface area contributed by atoms with Gasteiger partial charge in [-0.15, -0.1) is 6.58 Å². The summed E-state index contributed by atoms with van der Waals surface area (Å²) >= 11 is 0. The van der Waals surface area contributed by atoms with Gasteiger partial charge in [-0.3, -0.25) is 9.59 Å². The molecule has 0 aromatic heterocycles. The van der Waals surface area contributed by atoms with Crippen LogP contribution in [0.2, 0.25) is 0 Å². The lowest BCUT2D eigenvalue weighted by Crippen LogP contribution is -2.42. The average molecular weight is 284 g/mol. The van der Waals surface area contributed by atoms with E-state index in [2.05, 4.69) is 13.5 Å².